The number of benzene rings is 8. The van der Waals surface area contributed by atoms with Gasteiger partial charge in [0.05, 0.1) is 11.0 Å². The van der Waals surface area contributed by atoms with Crippen molar-refractivity contribution in [3.05, 3.63) is 211 Å². The molecular formula is C66H59N4OS+. The number of hydrogen-bond donors (Lipinski definition) is 0. The van der Waals surface area contributed by atoms with E-state index >= 15 is 0 Å². The highest BCUT2D eigenvalue weighted by atomic mass is 32.1. The SMILES string of the molecule is CC(C)(C)c1cc(Oc2ccc3c4c5sc6ccccc6c5ccc4n(-c4cc(C(C)(C)C)ccn4)c3c2)cc(-n2c[n+](-c3c(-c4ccccc4)cc(C(C)(C)C)cc3-c3ccccc3)c3ccccc32)c1. The highest BCUT2D eigenvalue weighted by Crippen LogP contribution is 2.45. The Balaban J connectivity index is 1.05. The molecule has 8 aromatic carbocycles. The average Bonchev–Trinajstić information content (AvgIpc) is 4.05. The van der Waals surface area contributed by atoms with Gasteiger partial charge in [-0.2, -0.15) is 9.13 Å². The molecule has 0 unspecified atom stereocenters. The van der Waals surface area contributed by atoms with Gasteiger partial charge in [-0.1, -0.05) is 159 Å². The standard InChI is InChI=1S/C66H59N4OS/c1-64(2,3)44-32-33-67-60(38-44)70-57-31-30-51-50-24-16-19-27-59(50)72-63(51)61(57)52-29-28-48(40-58(52)70)71-49-35-45(65(4,5)6)34-47(39-49)68-41-69(56-26-18-17-25-55(56)68)62-53(42-20-12-10-13-21-42)36-46(66(7,8)9)37-54(62)43-22-14-11-15-23-43/h10-41H,1-9H3/q+1. The Morgan fingerprint density at radius 1 is 0.486 bits per heavy atom. The van der Waals surface area contributed by atoms with Gasteiger partial charge < -0.3 is 4.74 Å². The molecule has 6 heteroatoms. The van der Waals surface area contributed by atoms with Crippen LogP contribution in [0, 0.1) is 0 Å². The second-order valence-electron chi connectivity index (χ2n) is 22.4. The van der Waals surface area contributed by atoms with E-state index in [9.17, 15) is 0 Å². The van der Waals surface area contributed by atoms with Crippen molar-refractivity contribution in [3.63, 3.8) is 0 Å². The van der Waals surface area contributed by atoms with E-state index in [2.05, 4.69) is 264 Å². The maximum absolute atomic E-state index is 7.14. The maximum atomic E-state index is 7.14. The Kier molecular flexibility index (Phi) is 10.7. The summed E-state index contributed by atoms with van der Waals surface area (Å²) in [7, 11) is 0. The first-order chi connectivity index (χ1) is 34.6. The van der Waals surface area contributed by atoms with E-state index < -0.39 is 0 Å². The summed E-state index contributed by atoms with van der Waals surface area (Å²) in [6.07, 6.45) is 4.23. The van der Waals surface area contributed by atoms with E-state index in [0.29, 0.717) is 0 Å². The largest absolute Gasteiger partial charge is 0.457 e. The molecule has 4 heterocycles. The van der Waals surface area contributed by atoms with Gasteiger partial charge in [-0.25, -0.2) is 4.98 Å². The molecule has 0 saturated heterocycles. The van der Waals surface area contributed by atoms with Crippen LogP contribution in [-0.4, -0.2) is 14.1 Å². The first-order valence-corrected chi connectivity index (χ1v) is 25.9. The Morgan fingerprint density at radius 2 is 1.11 bits per heavy atom. The maximum Gasteiger partial charge on any atom is 0.255 e. The van der Waals surface area contributed by atoms with Crippen LogP contribution in [0.3, 0.4) is 0 Å². The second kappa shape index (κ2) is 16.9. The van der Waals surface area contributed by atoms with Gasteiger partial charge in [0.25, 0.3) is 6.33 Å². The van der Waals surface area contributed by atoms with Crippen molar-refractivity contribution in [3.8, 4) is 50.9 Å². The van der Waals surface area contributed by atoms with Crippen LogP contribution in [0.1, 0.15) is 79.0 Å². The van der Waals surface area contributed by atoms with Crippen LogP contribution in [0.15, 0.2) is 195 Å². The Bertz CT molecular complexity index is 4000. The van der Waals surface area contributed by atoms with Crippen molar-refractivity contribution >= 4 is 64.3 Å². The molecule has 5 nitrogen and oxygen atoms in total. The van der Waals surface area contributed by atoms with Gasteiger partial charge in [-0.05, 0) is 117 Å². The third-order valence-electron chi connectivity index (χ3n) is 14.4. The van der Waals surface area contributed by atoms with Crippen LogP contribution >= 0.6 is 11.3 Å². The monoisotopic (exact) mass is 955 g/mol. The van der Waals surface area contributed by atoms with Crippen molar-refractivity contribution in [2.24, 2.45) is 0 Å². The normalized spacial score (nSPS) is 12.5. The van der Waals surface area contributed by atoms with Crippen LogP contribution in [0.4, 0.5) is 0 Å². The number of para-hydroxylation sites is 2. The highest BCUT2D eigenvalue weighted by Gasteiger charge is 2.29. The summed E-state index contributed by atoms with van der Waals surface area (Å²) in [5.74, 6) is 2.42. The Hall–Kier alpha value is -7.80. The fourth-order valence-corrected chi connectivity index (χ4v) is 11.7. The summed E-state index contributed by atoms with van der Waals surface area (Å²) < 4.78 is 16.8. The summed E-state index contributed by atoms with van der Waals surface area (Å²) in [6, 6.07) is 66.3. The number of thiophene rings is 1. The van der Waals surface area contributed by atoms with E-state index in [1.807, 2.05) is 17.5 Å². The molecule has 0 aliphatic heterocycles. The number of hydrogen-bond acceptors (Lipinski definition) is 3. The zero-order valence-electron chi connectivity index (χ0n) is 42.6. The number of aromatic nitrogens is 4. The molecule has 72 heavy (non-hydrogen) atoms. The van der Waals surface area contributed by atoms with E-state index in [1.54, 1.807) is 0 Å². The quantitative estimate of drug-likeness (QED) is 0.149. The van der Waals surface area contributed by atoms with Crippen LogP contribution in [0.5, 0.6) is 11.5 Å². The minimum atomic E-state index is -0.174. The third kappa shape index (κ3) is 7.86. The van der Waals surface area contributed by atoms with Gasteiger partial charge in [-0.3, -0.25) is 4.57 Å². The number of ether oxygens (including phenoxy) is 1. The molecule has 0 radical (unpaired) electrons. The smallest absolute Gasteiger partial charge is 0.255 e. The summed E-state index contributed by atoms with van der Waals surface area (Å²) >= 11 is 1.86. The Morgan fingerprint density at radius 3 is 1.81 bits per heavy atom. The first-order valence-electron chi connectivity index (χ1n) is 25.1. The summed E-state index contributed by atoms with van der Waals surface area (Å²) in [4.78, 5) is 5.05. The predicted octanol–water partition coefficient (Wildman–Crippen LogP) is 17.8. The molecule has 0 amide bonds. The number of nitrogens with zero attached hydrogens (tertiary/aromatic N) is 4. The fraction of sp³-hybridized carbons (Fsp3) is 0.182. The zero-order chi connectivity index (χ0) is 49.7. The van der Waals surface area contributed by atoms with Gasteiger partial charge >= 0.3 is 0 Å². The van der Waals surface area contributed by atoms with E-state index in [1.165, 1.54) is 69.9 Å². The number of imidazole rings is 1. The lowest BCUT2D eigenvalue weighted by molar-refractivity contribution is -0.566. The lowest BCUT2D eigenvalue weighted by Gasteiger charge is -2.23. The molecule has 12 rings (SSSR count). The molecule has 0 fully saturated rings. The molecule has 0 N–H and O–H groups in total. The molecule has 4 aromatic heterocycles. The summed E-state index contributed by atoms with van der Waals surface area (Å²) in [5.41, 5.74) is 14.7. The van der Waals surface area contributed by atoms with Crippen molar-refractivity contribution in [1.29, 1.82) is 0 Å². The fourth-order valence-electron chi connectivity index (χ4n) is 10.4. The van der Waals surface area contributed by atoms with Crippen molar-refractivity contribution < 1.29 is 9.30 Å². The van der Waals surface area contributed by atoms with Gasteiger partial charge in [0.15, 0.2) is 11.0 Å². The molecule has 12 aromatic rings. The number of fused-ring (bicyclic) bond motifs is 8. The zero-order valence-corrected chi connectivity index (χ0v) is 43.4. The molecule has 0 atom stereocenters. The van der Waals surface area contributed by atoms with E-state index in [-0.39, 0.29) is 16.2 Å². The van der Waals surface area contributed by atoms with Gasteiger partial charge in [-0.15, -0.1) is 11.3 Å². The van der Waals surface area contributed by atoms with Crippen molar-refractivity contribution in [2.75, 3.05) is 0 Å². The average molecular weight is 956 g/mol. The van der Waals surface area contributed by atoms with Gasteiger partial charge in [0.1, 0.15) is 28.7 Å². The van der Waals surface area contributed by atoms with E-state index in [0.717, 1.165) is 50.8 Å². The van der Waals surface area contributed by atoms with Gasteiger partial charge in [0, 0.05) is 60.4 Å². The molecule has 354 valence electrons. The topological polar surface area (TPSA) is 35.9 Å². The third-order valence-corrected chi connectivity index (χ3v) is 15.6. The molecular weight excluding hydrogens is 897 g/mol. The van der Waals surface area contributed by atoms with Crippen molar-refractivity contribution in [1.82, 2.24) is 14.1 Å². The first kappa shape index (κ1) is 45.3. The van der Waals surface area contributed by atoms with Gasteiger partial charge in [0.2, 0.25) is 0 Å². The van der Waals surface area contributed by atoms with Crippen LogP contribution < -0.4 is 9.30 Å². The molecule has 0 spiro atoms. The van der Waals surface area contributed by atoms with Crippen LogP contribution in [-0.2, 0) is 16.2 Å². The summed E-state index contributed by atoms with van der Waals surface area (Å²) in [6.45, 7) is 20.5. The number of rotatable bonds is 7. The number of pyridine rings is 1. The summed E-state index contributed by atoms with van der Waals surface area (Å²) in [5, 5.41) is 4.97. The second-order valence-corrected chi connectivity index (χ2v) is 23.5. The molecule has 0 saturated carbocycles. The lowest BCUT2D eigenvalue weighted by Crippen LogP contribution is -2.31. The van der Waals surface area contributed by atoms with E-state index in [4.69, 9.17) is 9.72 Å². The van der Waals surface area contributed by atoms with Crippen LogP contribution in [0.25, 0.3) is 92.5 Å². The highest BCUT2D eigenvalue weighted by molar-refractivity contribution is 7.26. The molecule has 0 aliphatic carbocycles. The minimum absolute atomic E-state index is 0.0468. The van der Waals surface area contributed by atoms with Crippen LogP contribution in [0.2, 0.25) is 0 Å². The predicted molar refractivity (Wildman–Crippen MR) is 303 cm³/mol. The lowest BCUT2D eigenvalue weighted by atomic mass is 9.82. The molecule has 0 aliphatic rings. The minimum Gasteiger partial charge on any atom is -0.457 e. The van der Waals surface area contributed by atoms with Crippen molar-refractivity contribution in [2.45, 2.75) is 78.6 Å². The Labute approximate surface area is 426 Å². The molecule has 0 bridgehead atoms.